The van der Waals surface area contributed by atoms with Crippen LogP contribution in [0.2, 0.25) is 0 Å². The molecule has 0 aromatic rings. The van der Waals surface area contributed by atoms with Gasteiger partial charge in [-0.1, -0.05) is 35.4 Å². The van der Waals surface area contributed by atoms with Crippen LogP contribution in [0.15, 0.2) is 10.6 Å². The van der Waals surface area contributed by atoms with E-state index in [9.17, 15) is 4.79 Å². The number of aldehydes is 1. The quantitative estimate of drug-likeness (QED) is 0.690. The average molecular weight is 299 g/mol. The number of carbonyl (C=O) groups is 1. The zero-order valence-electron chi connectivity index (χ0n) is 10.9. The van der Waals surface area contributed by atoms with E-state index in [4.69, 9.17) is 0 Å². The van der Waals surface area contributed by atoms with Crippen LogP contribution in [0, 0.1) is 23.2 Å². The molecule has 0 radical (unpaired) electrons. The largest absolute Gasteiger partial charge is 0.303 e. The van der Waals surface area contributed by atoms with E-state index in [-0.39, 0.29) is 0 Å². The Morgan fingerprint density at radius 3 is 2.94 bits per heavy atom. The van der Waals surface area contributed by atoms with Gasteiger partial charge in [0.2, 0.25) is 0 Å². The maximum Gasteiger partial charge on any atom is 0.120 e. The Morgan fingerprint density at radius 2 is 2.29 bits per heavy atom. The predicted molar refractivity (Wildman–Crippen MR) is 75.0 cm³/mol. The van der Waals surface area contributed by atoms with Crippen LogP contribution in [0.1, 0.15) is 52.4 Å². The van der Waals surface area contributed by atoms with E-state index < -0.39 is 0 Å². The first kappa shape index (κ1) is 13.3. The molecule has 2 fully saturated rings. The van der Waals surface area contributed by atoms with Gasteiger partial charge in [-0.25, -0.2) is 0 Å². The molecule has 2 saturated carbocycles. The molecule has 0 spiro atoms. The lowest BCUT2D eigenvalue weighted by atomic mass is 9.61. The van der Waals surface area contributed by atoms with E-state index in [2.05, 4.69) is 34.8 Å². The third kappa shape index (κ3) is 2.25. The summed E-state index contributed by atoms with van der Waals surface area (Å²) in [5, 5.41) is 0. The number of rotatable bonds is 3. The fourth-order valence-corrected chi connectivity index (χ4v) is 5.01. The van der Waals surface area contributed by atoms with Gasteiger partial charge in [-0.05, 0) is 60.3 Å². The molecule has 96 valence electrons. The highest BCUT2D eigenvalue weighted by Gasteiger charge is 2.50. The topological polar surface area (TPSA) is 17.1 Å². The van der Waals surface area contributed by atoms with Gasteiger partial charge in [-0.15, -0.1) is 0 Å². The zero-order valence-corrected chi connectivity index (χ0v) is 12.5. The van der Waals surface area contributed by atoms with Crippen LogP contribution in [-0.4, -0.2) is 6.29 Å². The van der Waals surface area contributed by atoms with Crippen molar-refractivity contribution in [2.45, 2.75) is 52.4 Å². The van der Waals surface area contributed by atoms with Gasteiger partial charge in [0.25, 0.3) is 0 Å². The Hall–Kier alpha value is -0.110. The summed E-state index contributed by atoms with van der Waals surface area (Å²) in [6, 6.07) is 0. The van der Waals surface area contributed by atoms with E-state index in [0.717, 1.165) is 24.5 Å². The summed E-state index contributed by atoms with van der Waals surface area (Å²) in [6.45, 7) is 4.73. The Morgan fingerprint density at radius 1 is 1.53 bits per heavy atom. The first-order valence-electron chi connectivity index (χ1n) is 6.86. The van der Waals surface area contributed by atoms with E-state index in [1.165, 1.54) is 32.1 Å². The summed E-state index contributed by atoms with van der Waals surface area (Å²) in [4.78, 5) is 12.9. The molecule has 0 N–H and O–H groups in total. The molecule has 0 saturated heterocycles. The molecule has 2 rings (SSSR count). The van der Waals surface area contributed by atoms with Crippen LogP contribution < -0.4 is 0 Å². The Labute approximate surface area is 113 Å². The van der Waals surface area contributed by atoms with Crippen molar-refractivity contribution in [2.24, 2.45) is 23.2 Å². The van der Waals surface area contributed by atoms with Crippen LogP contribution in [-0.2, 0) is 4.79 Å². The molecule has 0 aliphatic heterocycles. The fourth-order valence-electron chi connectivity index (χ4n) is 4.46. The maximum atomic E-state index is 10.7. The van der Waals surface area contributed by atoms with Gasteiger partial charge in [0.1, 0.15) is 6.29 Å². The Bertz CT molecular complexity index is 323. The van der Waals surface area contributed by atoms with Crippen molar-refractivity contribution in [1.29, 1.82) is 0 Å². The Kier molecular flexibility index (Phi) is 4.12. The molecule has 0 heterocycles. The van der Waals surface area contributed by atoms with Gasteiger partial charge >= 0.3 is 0 Å². The lowest BCUT2D eigenvalue weighted by molar-refractivity contribution is -0.109. The minimum atomic E-state index is 0.445. The lowest BCUT2D eigenvalue weighted by Crippen LogP contribution is -2.36. The van der Waals surface area contributed by atoms with Gasteiger partial charge < -0.3 is 4.79 Å². The number of hydrogen-bond donors (Lipinski definition) is 0. The smallest absolute Gasteiger partial charge is 0.120 e. The summed E-state index contributed by atoms with van der Waals surface area (Å²) in [7, 11) is 0. The molecule has 1 unspecified atom stereocenters. The molecular weight excluding hydrogens is 276 g/mol. The number of fused-ring (bicyclic) bond motifs is 1. The van der Waals surface area contributed by atoms with Gasteiger partial charge in [0.15, 0.2) is 0 Å². The third-order valence-corrected chi connectivity index (χ3v) is 5.92. The molecule has 4 atom stereocenters. The van der Waals surface area contributed by atoms with Crippen LogP contribution in [0.25, 0.3) is 0 Å². The molecule has 0 aromatic heterocycles. The first-order chi connectivity index (χ1) is 8.13. The molecule has 0 bridgehead atoms. The molecular formula is C15H23BrO. The monoisotopic (exact) mass is 298 g/mol. The fraction of sp³-hybridized carbons (Fsp3) is 0.800. The number of hydrogen-bond acceptors (Lipinski definition) is 1. The van der Waals surface area contributed by atoms with Crippen molar-refractivity contribution in [2.75, 3.05) is 0 Å². The second kappa shape index (κ2) is 5.26. The minimum Gasteiger partial charge on any atom is -0.303 e. The van der Waals surface area contributed by atoms with Gasteiger partial charge in [-0.2, -0.15) is 0 Å². The molecule has 17 heavy (non-hydrogen) atoms. The third-order valence-electron chi connectivity index (χ3n) is 5.33. The van der Waals surface area contributed by atoms with Gasteiger partial charge in [0, 0.05) is 6.42 Å². The summed E-state index contributed by atoms with van der Waals surface area (Å²) < 4.78 is 0. The number of carbonyl (C=O) groups excluding carboxylic acids is 1. The highest BCUT2D eigenvalue weighted by molar-refractivity contribution is 9.11. The second-order valence-electron chi connectivity index (χ2n) is 6.16. The summed E-state index contributed by atoms with van der Waals surface area (Å²) in [5.74, 6) is 2.05. The standard InChI is InChI=1S/C15H23BrO/c1-11(7-9-17)13-5-6-14-12(10-16)4-3-8-15(13,14)2/h9-11,13-14H,3-8H2,1-2H3/b12-10-/t11-,13?,14+,15-/m1/s1. The van der Waals surface area contributed by atoms with Crippen molar-refractivity contribution >= 4 is 22.2 Å². The van der Waals surface area contributed by atoms with Crippen LogP contribution in [0.3, 0.4) is 0 Å². The lowest BCUT2D eigenvalue weighted by Gasteiger charge is -2.44. The highest BCUT2D eigenvalue weighted by Crippen LogP contribution is 2.59. The van der Waals surface area contributed by atoms with E-state index in [1.54, 1.807) is 5.57 Å². The SMILES string of the molecule is C[C@H](CC=O)C1CC[C@H]2/C(=C\Br)CCC[C@]12C. The number of halogens is 1. The van der Waals surface area contributed by atoms with E-state index >= 15 is 0 Å². The molecule has 1 nitrogen and oxygen atoms in total. The summed E-state index contributed by atoms with van der Waals surface area (Å²) in [6.07, 6.45) is 8.39. The number of allylic oxidation sites excluding steroid dienone is 1. The van der Waals surface area contributed by atoms with E-state index in [1.807, 2.05) is 0 Å². The van der Waals surface area contributed by atoms with Crippen molar-refractivity contribution in [3.8, 4) is 0 Å². The zero-order chi connectivity index (χ0) is 12.5. The molecule has 2 aliphatic carbocycles. The molecule has 0 amide bonds. The maximum absolute atomic E-state index is 10.7. The van der Waals surface area contributed by atoms with Crippen LogP contribution >= 0.6 is 15.9 Å². The minimum absolute atomic E-state index is 0.445. The second-order valence-corrected chi connectivity index (χ2v) is 6.62. The summed E-state index contributed by atoms with van der Waals surface area (Å²) in [5.41, 5.74) is 2.06. The molecule has 2 aliphatic rings. The van der Waals surface area contributed by atoms with Crippen molar-refractivity contribution in [1.82, 2.24) is 0 Å². The highest BCUT2D eigenvalue weighted by atomic mass is 79.9. The van der Waals surface area contributed by atoms with Crippen LogP contribution in [0.4, 0.5) is 0 Å². The van der Waals surface area contributed by atoms with Crippen molar-refractivity contribution in [3.63, 3.8) is 0 Å². The first-order valence-corrected chi connectivity index (χ1v) is 7.78. The van der Waals surface area contributed by atoms with Gasteiger partial charge in [0.05, 0.1) is 0 Å². The Balaban J connectivity index is 2.20. The van der Waals surface area contributed by atoms with Gasteiger partial charge in [-0.3, -0.25) is 0 Å². The molecule has 0 aromatic carbocycles. The predicted octanol–water partition coefficient (Wildman–Crippen LogP) is 4.71. The normalized spacial score (nSPS) is 41.2. The van der Waals surface area contributed by atoms with Crippen molar-refractivity contribution in [3.05, 3.63) is 10.6 Å². The summed E-state index contributed by atoms with van der Waals surface area (Å²) >= 11 is 3.54. The van der Waals surface area contributed by atoms with E-state index in [0.29, 0.717) is 11.3 Å². The van der Waals surface area contributed by atoms with Crippen LogP contribution in [0.5, 0.6) is 0 Å². The average Bonchev–Trinajstić information content (AvgIpc) is 2.66. The molecule has 2 heteroatoms. The van der Waals surface area contributed by atoms with Crippen molar-refractivity contribution < 1.29 is 4.79 Å².